The summed E-state index contributed by atoms with van der Waals surface area (Å²) in [5, 5.41) is 0. The molecule has 1 aliphatic carbocycles. The lowest BCUT2D eigenvalue weighted by Crippen LogP contribution is -2.32. The molecule has 170 valence electrons. The van der Waals surface area contributed by atoms with E-state index >= 15 is 0 Å². The summed E-state index contributed by atoms with van der Waals surface area (Å²) in [7, 11) is 0. The Morgan fingerprint density at radius 3 is 2.42 bits per heavy atom. The lowest BCUT2D eigenvalue weighted by Gasteiger charge is -2.23. The molecule has 2 aliphatic rings. The van der Waals surface area contributed by atoms with Gasteiger partial charge < -0.3 is 10.6 Å². The number of benzene rings is 2. The molecule has 1 amide bonds. The van der Waals surface area contributed by atoms with Gasteiger partial charge in [0, 0.05) is 34.2 Å². The molecule has 0 bridgehead atoms. The predicted octanol–water partition coefficient (Wildman–Crippen LogP) is 6.49. The fourth-order valence-corrected chi connectivity index (χ4v) is 6.23. The fraction of sp³-hybridized carbons (Fsp3) is 0.333. The number of carbonyl (C=O) groups is 2. The van der Waals surface area contributed by atoms with Crippen LogP contribution in [0, 0.1) is 11.7 Å². The van der Waals surface area contributed by atoms with E-state index in [2.05, 4.69) is 0 Å². The number of nitrogens with zero attached hydrogens (tertiary/aromatic N) is 1. The SMILES string of the molecule is Nc1ccc(C(=O)N2CCc3cc(C(=O)C4CCCCCC4)sc3-c3ccc(F)cc32)cc1. The second-order valence-electron chi connectivity index (χ2n) is 9.01. The van der Waals surface area contributed by atoms with E-state index in [1.807, 2.05) is 6.07 Å². The average Bonchev–Trinajstić information content (AvgIpc) is 2.97. The minimum Gasteiger partial charge on any atom is -0.399 e. The number of anilines is 2. The first-order valence-electron chi connectivity index (χ1n) is 11.7. The van der Waals surface area contributed by atoms with Gasteiger partial charge in [0.1, 0.15) is 5.82 Å². The highest BCUT2D eigenvalue weighted by atomic mass is 32.1. The van der Waals surface area contributed by atoms with Crippen molar-refractivity contribution in [2.24, 2.45) is 5.92 Å². The van der Waals surface area contributed by atoms with Crippen molar-refractivity contribution in [2.45, 2.75) is 44.9 Å². The quantitative estimate of drug-likeness (QED) is 0.275. The van der Waals surface area contributed by atoms with Gasteiger partial charge in [-0.25, -0.2) is 4.39 Å². The number of thiophene rings is 1. The summed E-state index contributed by atoms with van der Waals surface area (Å²) in [6, 6.07) is 13.4. The highest BCUT2D eigenvalue weighted by Gasteiger charge is 2.30. The van der Waals surface area contributed by atoms with Crippen molar-refractivity contribution in [2.75, 3.05) is 17.2 Å². The third-order valence-corrected chi connectivity index (χ3v) is 8.01. The van der Waals surface area contributed by atoms with E-state index in [0.29, 0.717) is 29.9 Å². The molecular formula is C27H27FN2O2S. The Kier molecular flexibility index (Phi) is 6.02. The molecule has 0 atom stereocenters. The summed E-state index contributed by atoms with van der Waals surface area (Å²) in [4.78, 5) is 30.0. The van der Waals surface area contributed by atoms with Crippen molar-refractivity contribution in [1.29, 1.82) is 0 Å². The van der Waals surface area contributed by atoms with Crippen LogP contribution in [0.25, 0.3) is 10.4 Å². The van der Waals surface area contributed by atoms with Gasteiger partial charge in [0.05, 0.1) is 10.6 Å². The van der Waals surface area contributed by atoms with Crippen LogP contribution in [0.3, 0.4) is 0 Å². The van der Waals surface area contributed by atoms with Crippen molar-refractivity contribution in [3.63, 3.8) is 0 Å². The number of hydrogen-bond donors (Lipinski definition) is 1. The predicted molar refractivity (Wildman–Crippen MR) is 131 cm³/mol. The number of ketones is 1. The Hall–Kier alpha value is -2.99. The first kappa shape index (κ1) is 21.8. The maximum absolute atomic E-state index is 14.3. The normalized spacial score (nSPS) is 16.5. The molecule has 2 N–H and O–H groups in total. The van der Waals surface area contributed by atoms with Crippen LogP contribution in [0.2, 0.25) is 0 Å². The minimum atomic E-state index is -0.390. The zero-order valence-electron chi connectivity index (χ0n) is 18.5. The Balaban J connectivity index is 1.51. The monoisotopic (exact) mass is 462 g/mol. The molecule has 1 aromatic heterocycles. The van der Waals surface area contributed by atoms with Gasteiger partial charge in [-0.05, 0) is 73.4 Å². The van der Waals surface area contributed by atoms with E-state index in [-0.39, 0.29) is 17.6 Å². The molecule has 3 aromatic rings. The fourth-order valence-electron chi connectivity index (χ4n) is 4.97. The molecule has 1 fully saturated rings. The Morgan fingerprint density at radius 1 is 0.970 bits per heavy atom. The zero-order valence-corrected chi connectivity index (χ0v) is 19.3. The topological polar surface area (TPSA) is 63.4 Å². The largest absolute Gasteiger partial charge is 0.399 e. The molecule has 0 unspecified atom stereocenters. The number of halogens is 1. The van der Waals surface area contributed by atoms with Crippen LogP contribution < -0.4 is 10.6 Å². The molecule has 1 saturated carbocycles. The first-order valence-corrected chi connectivity index (χ1v) is 12.5. The maximum atomic E-state index is 14.3. The number of amides is 1. The van der Waals surface area contributed by atoms with Gasteiger partial charge in [-0.1, -0.05) is 25.7 Å². The number of rotatable bonds is 3. The van der Waals surface area contributed by atoms with E-state index in [0.717, 1.165) is 46.6 Å². The van der Waals surface area contributed by atoms with Crippen LogP contribution in [-0.2, 0) is 6.42 Å². The van der Waals surface area contributed by atoms with Gasteiger partial charge >= 0.3 is 0 Å². The molecule has 0 spiro atoms. The second-order valence-corrected chi connectivity index (χ2v) is 10.1. The molecule has 0 saturated heterocycles. The minimum absolute atomic E-state index is 0.103. The van der Waals surface area contributed by atoms with Gasteiger partial charge in [0.15, 0.2) is 5.78 Å². The molecule has 6 heteroatoms. The van der Waals surface area contributed by atoms with Crippen molar-refractivity contribution in [3.05, 3.63) is 70.4 Å². The van der Waals surface area contributed by atoms with Crippen LogP contribution in [-0.4, -0.2) is 18.2 Å². The van der Waals surface area contributed by atoms with E-state index in [1.165, 1.54) is 36.3 Å². The van der Waals surface area contributed by atoms with Gasteiger partial charge in [-0.15, -0.1) is 11.3 Å². The van der Waals surface area contributed by atoms with E-state index < -0.39 is 5.82 Å². The van der Waals surface area contributed by atoms with E-state index in [9.17, 15) is 14.0 Å². The van der Waals surface area contributed by atoms with Crippen LogP contribution in [0.1, 0.15) is 64.1 Å². The summed E-state index contributed by atoms with van der Waals surface area (Å²) in [6.45, 7) is 0.417. The Labute approximate surface area is 197 Å². The third-order valence-electron chi connectivity index (χ3n) is 6.78. The summed E-state index contributed by atoms with van der Waals surface area (Å²) in [5.74, 6) is -0.232. The summed E-state index contributed by atoms with van der Waals surface area (Å²) >= 11 is 1.49. The Morgan fingerprint density at radius 2 is 1.70 bits per heavy atom. The molecule has 5 rings (SSSR count). The molecule has 2 aromatic carbocycles. The maximum Gasteiger partial charge on any atom is 0.258 e. The Bertz CT molecular complexity index is 1190. The van der Waals surface area contributed by atoms with Crippen molar-refractivity contribution >= 4 is 34.4 Å². The van der Waals surface area contributed by atoms with Crippen LogP contribution >= 0.6 is 11.3 Å². The molecular weight excluding hydrogens is 435 g/mol. The van der Waals surface area contributed by atoms with Crippen molar-refractivity contribution in [3.8, 4) is 10.4 Å². The van der Waals surface area contributed by atoms with Crippen LogP contribution in [0.5, 0.6) is 0 Å². The highest BCUT2D eigenvalue weighted by Crippen LogP contribution is 2.43. The van der Waals surface area contributed by atoms with Gasteiger partial charge in [-0.3, -0.25) is 9.59 Å². The molecule has 2 heterocycles. The lowest BCUT2D eigenvalue weighted by atomic mass is 9.94. The van der Waals surface area contributed by atoms with Crippen molar-refractivity contribution < 1.29 is 14.0 Å². The number of hydrogen-bond acceptors (Lipinski definition) is 4. The van der Waals surface area contributed by atoms with Gasteiger partial charge in [0.25, 0.3) is 5.91 Å². The zero-order chi connectivity index (χ0) is 22.9. The lowest BCUT2D eigenvalue weighted by molar-refractivity contribution is 0.0911. The van der Waals surface area contributed by atoms with Crippen LogP contribution in [0.4, 0.5) is 15.8 Å². The third kappa shape index (κ3) is 4.32. The van der Waals surface area contributed by atoms with Gasteiger partial charge in [0.2, 0.25) is 0 Å². The molecule has 0 radical (unpaired) electrons. The number of Topliss-reactive ketones (excluding diaryl/α,β-unsaturated/α-hetero) is 1. The molecule has 1 aliphatic heterocycles. The number of nitrogens with two attached hydrogens (primary N) is 1. The smallest absolute Gasteiger partial charge is 0.258 e. The van der Waals surface area contributed by atoms with E-state index in [1.54, 1.807) is 35.2 Å². The number of fused-ring (bicyclic) bond motifs is 3. The molecule has 4 nitrogen and oxygen atoms in total. The van der Waals surface area contributed by atoms with E-state index in [4.69, 9.17) is 5.73 Å². The average molecular weight is 463 g/mol. The highest BCUT2D eigenvalue weighted by molar-refractivity contribution is 7.17. The second kappa shape index (κ2) is 9.10. The summed E-state index contributed by atoms with van der Waals surface area (Å²) in [6.07, 6.45) is 7.20. The number of carbonyl (C=O) groups excluding carboxylic acids is 2. The van der Waals surface area contributed by atoms with Gasteiger partial charge in [-0.2, -0.15) is 0 Å². The summed E-state index contributed by atoms with van der Waals surface area (Å²) < 4.78 is 14.3. The number of nitrogen functional groups attached to an aromatic ring is 1. The standard InChI is InChI=1S/C27H27FN2O2S/c28-20-9-12-22-23(16-20)30(27(32)18-7-10-21(29)11-8-18)14-13-19-15-24(33-26(19)22)25(31)17-5-3-1-2-4-6-17/h7-12,15-17H,1-6,13-14,29H2. The van der Waals surface area contributed by atoms with Crippen LogP contribution in [0.15, 0.2) is 48.5 Å². The molecule has 33 heavy (non-hydrogen) atoms. The van der Waals surface area contributed by atoms with Crippen molar-refractivity contribution in [1.82, 2.24) is 0 Å². The summed E-state index contributed by atoms with van der Waals surface area (Å²) in [5.41, 5.74) is 9.27. The first-order chi connectivity index (χ1) is 16.0.